The quantitative estimate of drug-likeness (QED) is 0.607. The average molecular weight is 169 g/mol. The van der Waals surface area contributed by atoms with E-state index >= 15 is 0 Å². The summed E-state index contributed by atoms with van der Waals surface area (Å²) in [4.78, 5) is 0. The Morgan fingerprint density at radius 2 is 2.33 bits per heavy atom. The van der Waals surface area contributed by atoms with Crippen LogP contribution in [0, 0.1) is 5.82 Å². The summed E-state index contributed by atoms with van der Waals surface area (Å²) in [6.07, 6.45) is 0. The zero-order chi connectivity index (χ0) is 8.72. The van der Waals surface area contributed by atoms with Crippen LogP contribution in [0.3, 0.4) is 0 Å². The molecule has 1 aliphatic heterocycles. The second-order valence-corrected chi connectivity index (χ2v) is 2.73. The van der Waals surface area contributed by atoms with E-state index in [0.717, 1.165) is 6.07 Å². The lowest BCUT2D eigenvalue weighted by molar-refractivity contribution is 0.319. The molecule has 2 rings (SSSR count). The predicted octanol–water partition coefficient (Wildman–Crippen LogP) is 0.923. The summed E-state index contributed by atoms with van der Waals surface area (Å²) < 4.78 is 17.9. The largest absolute Gasteiger partial charge is 0.507 e. The van der Waals surface area contributed by atoms with E-state index in [1.807, 2.05) is 0 Å². The average Bonchev–Trinajstić information content (AvgIpc) is 2.42. The van der Waals surface area contributed by atoms with Gasteiger partial charge in [-0.05, 0) is 12.1 Å². The minimum Gasteiger partial charge on any atom is -0.507 e. The molecule has 0 fully saturated rings. The van der Waals surface area contributed by atoms with Crippen molar-refractivity contribution in [3.8, 4) is 11.5 Å². The summed E-state index contributed by atoms with van der Waals surface area (Å²) in [5.74, 6) is -0.394. The Morgan fingerprint density at radius 1 is 1.58 bits per heavy atom. The van der Waals surface area contributed by atoms with Crippen LogP contribution in [0.5, 0.6) is 11.5 Å². The van der Waals surface area contributed by atoms with Crippen molar-refractivity contribution in [3.63, 3.8) is 0 Å². The molecule has 64 valence electrons. The highest BCUT2D eigenvalue weighted by atomic mass is 19.1. The normalized spacial score (nSPS) is 20.3. The number of hydrogen-bond acceptors (Lipinski definition) is 3. The zero-order valence-electron chi connectivity index (χ0n) is 6.25. The van der Waals surface area contributed by atoms with E-state index in [2.05, 4.69) is 0 Å². The third-order valence-electron chi connectivity index (χ3n) is 1.90. The number of halogens is 1. The standard InChI is InChI=1S/C8H8FNO2/c9-4-1-2-6(11)7-5(10)3-12-8(4)7/h1-2,5,11H,3,10H2/t5-/m1/s1. The molecule has 1 aromatic rings. The number of hydrogen-bond donors (Lipinski definition) is 2. The number of nitrogens with two attached hydrogens (primary N) is 1. The molecule has 0 bridgehead atoms. The molecule has 3 N–H and O–H groups in total. The Labute approximate surface area is 68.6 Å². The maximum absolute atomic E-state index is 13.0. The summed E-state index contributed by atoms with van der Waals surface area (Å²) in [5, 5.41) is 9.30. The molecule has 0 unspecified atom stereocenters. The van der Waals surface area contributed by atoms with Gasteiger partial charge >= 0.3 is 0 Å². The molecule has 0 amide bonds. The lowest BCUT2D eigenvalue weighted by Crippen LogP contribution is -2.10. The van der Waals surface area contributed by atoms with E-state index in [1.54, 1.807) is 0 Å². The zero-order valence-corrected chi connectivity index (χ0v) is 6.25. The van der Waals surface area contributed by atoms with Crippen LogP contribution in [0.4, 0.5) is 4.39 Å². The van der Waals surface area contributed by atoms with Crippen LogP contribution in [-0.2, 0) is 0 Å². The van der Waals surface area contributed by atoms with Gasteiger partial charge in [-0.15, -0.1) is 0 Å². The molecular formula is C8H8FNO2. The van der Waals surface area contributed by atoms with Gasteiger partial charge in [0.15, 0.2) is 11.6 Å². The Morgan fingerprint density at radius 3 is 3.00 bits per heavy atom. The van der Waals surface area contributed by atoms with Crippen LogP contribution in [0.1, 0.15) is 11.6 Å². The molecule has 0 aromatic heterocycles. The monoisotopic (exact) mass is 169 g/mol. The molecule has 0 saturated carbocycles. The molecule has 1 atom stereocenters. The van der Waals surface area contributed by atoms with Gasteiger partial charge in [0.2, 0.25) is 0 Å². The maximum Gasteiger partial charge on any atom is 0.165 e. The first-order valence-corrected chi connectivity index (χ1v) is 3.60. The molecule has 1 aromatic carbocycles. The molecule has 1 aliphatic rings. The van der Waals surface area contributed by atoms with E-state index in [-0.39, 0.29) is 18.1 Å². The van der Waals surface area contributed by atoms with Crippen molar-refractivity contribution in [2.45, 2.75) is 6.04 Å². The van der Waals surface area contributed by atoms with Crippen LogP contribution in [0.15, 0.2) is 12.1 Å². The van der Waals surface area contributed by atoms with Crippen LogP contribution in [0.25, 0.3) is 0 Å². The van der Waals surface area contributed by atoms with Crippen molar-refractivity contribution in [1.29, 1.82) is 0 Å². The van der Waals surface area contributed by atoms with E-state index in [4.69, 9.17) is 10.5 Å². The number of phenolic OH excluding ortho intramolecular Hbond substituents is 1. The number of ether oxygens (including phenoxy) is 1. The summed E-state index contributed by atoms with van der Waals surface area (Å²) in [6, 6.07) is 2.02. The number of benzene rings is 1. The van der Waals surface area contributed by atoms with Crippen LogP contribution >= 0.6 is 0 Å². The van der Waals surface area contributed by atoms with E-state index in [1.165, 1.54) is 6.07 Å². The minimum atomic E-state index is -0.476. The molecule has 1 heterocycles. The van der Waals surface area contributed by atoms with Crippen LogP contribution < -0.4 is 10.5 Å². The van der Waals surface area contributed by atoms with Gasteiger partial charge in [0, 0.05) is 0 Å². The summed E-state index contributed by atoms with van der Waals surface area (Å²) in [7, 11) is 0. The Balaban J connectivity index is 2.64. The highest BCUT2D eigenvalue weighted by Crippen LogP contribution is 2.39. The Bertz CT molecular complexity index is 327. The van der Waals surface area contributed by atoms with Gasteiger partial charge in [-0.2, -0.15) is 0 Å². The topological polar surface area (TPSA) is 55.5 Å². The van der Waals surface area contributed by atoms with Crippen molar-refractivity contribution >= 4 is 0 Å². The molecular weight excluding hydrogens is 161 g/mol. The van der Waals surface area contributed by atoms with Crippen molar-refractivity contribution in [3.05, 3.63) is 23.5 Å². The van der Waals surface area contributed by atoms with Gasteiger partial charge < -0.3 is 15.6 Å². The molecule has 0 spiro atoms. The summed E-state index contributed by atoms with van der Waals surface area (Å²) in [5.41, 5.74) is 5.93. The van der Waals surface area contributed by atoms with Crippen LogP contribution in [-0.4, -0.2) is 11.7 Å². The van der Waals surface area contributed by atoms with E-state index in [0.29, 0.717) is 5.56 Å². The lowest BCUT2D eigenvalue weighted by atomic mass is 10.1. The van der Waals surface area contributed by atoms with Crippen molar-refractivity contribution < 1.29 is 14.2 Å². The smallest absolute Gasteiger partial charge is 0.165 e. The molecule has 0 radical (unpaired) electrons. The molecule has 4 heteroatoms. The van der Waals surface area contributed by atoms with E-state index < -0.39 is 11.9 Å². The SMILES string of the molecule is N[C@@H]1COc2c(F)ccc(O)c21. The molecule has 12 heavy (non-hydrogen) atoms. The number of rotatable bonds is 0. The fraction of sp³-hybridized carbons (Fsp3) is 0.250. The number of fused-ring (bicyclic) bond motifs is 1. The Kier molecular flexibility index (Phi) is 1.44. The molecule has 3 nitrogen and oxygen atoms in total. The Hall–Kier alpha value is -1.29. The van der Waals surface area contributed by atoms with Gasteiger partial charge in [0.1, 0.15) is 12.4 Å². The first-order chi connectivity index (χ1) is 5.70. The fourth-order valence-corrected chi connectivity index (χ4v) is 1.32. The fourth-order valence-electron chi connectivity index (χ4n) is 1.32. The van der Waals surface area contributed by atoms with Crippen molar-refractivity contribution in [2.75, 3.05) is 6.61 Å². The van der Waals surface area contributed by atoms with Crippen LogP contribution in [0.2, 0.25) is 0 Å². The third kappa shape index (κ3) is 0.848. The maximum atomic E-state index is 13.0. The highest BCUT2D eigenvalue weighted by Gasteiger charge is 2.27. The highest BCUT2D eigenvalue weighted by molar-refractivity contribution is 5.49. The third-order valence-corrected chi connectivity index (χ3v) is 1.90. The molecule has 0 aliphatic carbocycles. The number of phenols is 1. The molecule has 0 saturated heterocycles. The minimum absolute atomic E-state index is 0.00333. The summed E-state index contributed by atoms with van der Waals surface area (Å²) in [6.45, 7) is 0.226. The van der Waals surface area contributed by atoms with Crippen molar-refractivity contribution in [1.82, 2.24) is 0 Å². The lowest BCUT2D eigenvalue weighted by Gasteiger charge is -2.03. The first kappa shape index (κ1) is 7.36. The van der Waals surface area contributed by atoms with Gasteiger partial charge in [-0.25, -0.2) is 4.39 Å². The second-order valence-electron chi connectivity index (χ2n) is 2.73. The van der Waals surface area contributed by atoms with Gasteiger partial charge in [0.05, 0.1) is 11.6 Å². The van der Waals surface area contributed by atoms with Crippen molar-refractivity contribution in [2.24, 2.45) is 5.73 Å². The first-order valence-electron chi connectivity index (χ1n) is 3.60. The summed E-state index contributed by atoms with van der Waals surface area (Å²) >= 11 is 0. The van der Waals surface area contributed by atoms with Gasteiger partial charge in [-0.1, -0.05) is 0 Å². The van der Waals surface area contributed by atoms with Gasteiger partial charge in [-0.3, -0.25) is 0 Å². The van der Waals surface area contributed by atoms with E-state index in [9.17, 15) is 9.50 Å². The number of aromatic hydroxyl groups is 1. The predicted molar refractivity (Wildman–Crippen MR) is 40.5 cm³/mol. The van der Waals surface area contributed by atoms with Gasteiger partial charge in [0.25, 0.3) is 0 Å². The second kappa shape index (κ2) is 2.35.